The highest BCUT2D eigenvalue weighted by Crippen LogP contribution is 2.23. The van der Waals surface area contributed by atoms with Crippen molar-refractivity contribution in [3.05, 3.63) is 0 Å². The summed E-state index contributed by atoms with van der Waals surface area (Å²) in [5.41, 5.74) is 0. The minimum atomic E-state index is -0.160. The molecule has 0 bridgehead atoms. The molecule has 14 heavy (non-hydrogen) atoms. The van der Waals surface area contributed by atoms with E-state index in [0.29, 0.717) is 6.04 Å². The van der Waals surface area contributed by atoms with Gasteiger partial charge in [0.25, 0.3) is 0 Å². The lowest BCUT2D eigenvalue weighted by molar-refractivity contribution is 0.0202. The number of aliphatic hydroxyl groups excluding tert-OH is 1. The van der Waals surface area contributed by atoms with Crippen LogP contribution in [0.2, 0.25) is 0 Å². The summed E-state index contributed by atoms with van der Waals surface area (Å²) in [5.74, 6) is 1.57. The van der Waals surface area contributed by atoms with Crippen LogP contribution in [0.4, 0.5) is 0 Å². The van der Waals surface area contributed by atoms with Gasteiger partial charge in [-0.25, -0.2) is 0 Å². The molecule has 1 aliphatic heterocycles. The fraction of sp³-hybridized carbons (Fsp3) is 1.00. The molecule has 0 spiro atoms. The maximum absolute atomic E-state index is 9.81. The zero-order chi connectivity index (χ0) is 10.7. The third-order valence-electron chi connectivity index (χ3n) is 3.45. The van der Waals surface area contributed by atoms with E-state index >= 15 is 0 Å². The van der Waals surface area contributed by atoms with Gasteiger partial charge in [-0.05, 0) is 31.6 Å². The first-order valence-electron chi connectivity index (χ1n) is 5.96. The van der Waals surface area contributed by atoms with Crippen molar-refractivity contribution < 1.29 is 5.11 Å². The van der Waals surface area contributed by atoms with Gasteiger partial charge in [-0.1, -0.05) is 20.8 Å². The Morgan fingerprint density at radius 3 is 2.21 bits per heavy atom. The van der Waals surface area contributed by atoms with Gasteiger partial charge in [0, 0.05) is 19.1 Å². The van der Waals surface area contributed by atoms with Crippen LogP contribution in [-0.2, 0) is 0 Å². The number of hydrogen-bond donors (Lipinski definition) is 1. The summed E-state index contributed by atoms with van der Waals surface area (Å²) in [4.78, 5) is 2.45. The fourth-order valence-corrected chi connectivity index (χ4v) is 2.63. The van der Waals surface area contributed by atoms with Gasteiger partial charge in [-0.15, -0.1) is 0 Å². The summed E-state index contributed by atoms with van der Waals surface area (Å²) in [7, 11) is 0. The number of piperidine rings is 1. The summed E-state index contributed by atoms with van der Waals surface area (Å²) in [6.07, 6.45) is 2.04. The van der Waals surface area contributed by atoms with Gasteiger partial charge in [0.1, 0.15) is 0 Å². The van der Waals surface area contributed by atoms with Crippen LogP contribution >= 0.6 is 0 Å². The normalized spacial score (nSPS) is 34.1. The summed E-state index contributed by atoms with van der Waals surface area (Å²) >= 11 is 0. The van der Waals surface area contributed by atoms with Crippen molar-refractivity contribution in [3.63, 3.8) is 0 Å². The number of rotatable bonds is 3. The van der Waals surface area contributed by atoms with Crippen molar-refractivity contribution >= 4 is 0 Å². The van der Waals surface area contributed by atoms with Crippen LogP contribution in [0.15, 0.2) is 0 Å². The van der Waals surface area contributed by atoms with Crippen molar-refractivity contribution in [2.45, 2.75) is 52.7 Å². The highest BCUT2D eigenvalue weighted by atomic mass is 16.3. The predicted molar refractivity (Wildman–Crippen MR) is 60.3 cm³/mol. The molecule has 4 atom stereocenters. The first kappa shape index (κ1) is 12.0. The molecular weight excluding hydrogens is 174 g/mol. The molecule has 0 aromatic rings. The maximum Gasteiger partial charge on any atom is 0.0690 e. The van der Waals surface area contributed by atoms with Crippen LogP contribution in [0.5, 0.6) is 0 Å². The smallest absolute Gasteiger partial charge is 0.0690 e. The Labute approximate surface area is 88.3 Å². The van der Waals surface area contributed by atoms with Crippen LogP contribution < -0.4 is 0 Å². The topological polar surface area (TPSA) is 23.5 Å². The molecule has 0 aliphatic carbocycles. The highest BCUT2D eigenvalue weighted by Gasteiger charge is 2.27. The van der Waals surface area contributed by atoms with Gasteiger partial charge in [0.15, 0.2) is 0 Å². The average molecular weight is 199 g/mol. The Kier molecular flexibility index (Phi) is 4.39. The minimum Gasteiger partial charge on any atom is -0.392 e. The van der Waals surface area contributed by atoms with Gasteiger partial charge in [0.2, 0.25) is 0 Å². The number of nitrogens with zero attached hydrogens (tertiary/aromatic N) is 1. The maximum atomic E-state index is 9.81. The zero-order valence-electron chi connectivity index (χ0n) is 10.0. The van der Waals surface area contributed by atoms with Crippen LogP contribution in [0.3, 0.4) is 0 Å². The molecule has 1 fully saturated rings. The Hall–Kier alpha value is -0.0800. The monoisotopic (exact) mass is 199 g/mol. The second kappa shape index (κ2) is 5.13. The first-order chi connectivity index (χ1) is 6.54. The standard InChI is InChI=1S/C12H25NO/c1-5-12(14)11(4)13-7-9(2)6-10(3)8-13/h9-12,14H,5-8H2,1-4H3. The second-order valence-electron chi connectivity index (χ2n) is 5.12. The van der Waals surface area contributed by atoms with Crippen molar-refractivity contribution in [3.8, 4) is 0 Å². The molecule has 84 valence electrons. The van der Waals surface area contributed by atoms with E-state index in [4.69, 9.17) is 0 Å². The first-order valence-corrected chi connectivity index (χ1v) is 5.96. The Morgan fingerprint density at radius 1 is 1.29 bits per heavy atom. The van der Waals surface area contributed by atoms with E-state index in [1.807, 2.05) is 0 Å². The number of likely N-dealkylation sites (tertiary alicyclic amines) is 1. The molecule has 1 heterocycles. The lowest BCUT2D eigenvalue weighted by Crippen LogP contribution is -2.48. The lowest BCUT2D eigenvalue weighted by atomic mass is 9.90. The molecular formula is C12H25NO. The molecule has 2 nitrogen and oxygen atoms in total. The van der Waals surface area contributed by atoms with Gasteiger partial charge in [-0.3, -0.25) is 4.90 Å². The molecule has 0 aromatic carbocycles. The van der Waals surface area contributed by atoms with Gasteiger partial charge >= 0.3 is 0 Å². The molecule has 1 aliphatic rings. The molecule has 2 heteroatoms. The van der Waals surface area contributed by atoms with E-state index in [9.17, 15) is 5.11 Å². The van der Waals surface area contributed by atoms with Crippen LogP contribution in [-0.4, -0.2) is 35.2 Å². The number of hydrogen-bond acceptors (Lipinski definition) is 2. The van der Waals surface area contributed by atoms with Crippen LogP contribution in [0, 0.1) is 11.8 Å². The molecule has 1 N–H and O–H groups in total. The molecule has 1 rings (SSSR count). The molecule has 4 unspecified atom stereocenters. The molecule has 1 saturated heterocycles. The van der Waals surface area contributed by atoms with Crippen LogP contribution in [0.25, 0.3) is 0 Å². The van der Waals surface area contributed by atoms with Gasteiger partial charge in [-0.2, -0.15) is 0 Å². The Balaban J connectivity index is 2.50. The molecule has 0 aromatic heterocycles. The SMILES string of the molecule is CCC(O)C(C)N1CC(C)CC(C)C1. The highest BCUT2D eigenvalue weighted by molar-refractivity contribution is 4.81. The minimum absolute atomic E-state index is 0.160. The van der Waals surface area contributed by atoms with Crippen molar-refractivity contribution in [2.75, 3.05) is 13.1 Å². The summed E-state index contributed by atoms with van der Waals surface area (Å²) in [5, 5.41) is 9.81. The van der Waals surface area contributed by atoms with E-state index in [2.05, 4.69) is 32.6 Å². The van der Waals surface area contributed by atoms with E-state index in [-0.39, 0.29) is 6.10 Å². The van der Waals surface area contributed by atoms with Crippen molar-refractivity contribution in [1.29, 1.82) is 0 Å². The summed E-state index contributed by atoms with van der Waals surface area (Å²) in [6.45, 7) is 11.1. The predicted octanol–water partition coefficient (Wildman–Crippen LogP) is 2.12. The second-order valence-corrected chi connectivity index (χ2v) is 5.12. The van der Waals surface area contributed by atoms with E-state index in [1.165, 1.54) is 6.42 Å². The summed E-state index contributed by atoms with van der Waals surface area (Å²) < 4.78 is 0. The van der Waals surface area contributed by atoms with Crippen molar-refractivity contribution in [1.82, 2.24) is 4.90 Å². The third kappa shape index (κ3) is 2.96. The van der Waals surface area contributed by atoms with E-state index in [1.54, 1.807) is 0 Å². The van der Waals surface area contributed by atoms with Crippen LogP contribution in [0.1, 0.15) is 40.5 Å². The largest absolute Gasteiger partial charge is 0.392 e. The molecule has 0 amide bonds. The van der Waals surface area contributed by atoms with E-state index < -0.39 is 0 Å². The average Bonchev–Trinajstić information content (AvgIpc) is 2.14. The Bertz CT molecular complexity index is 162. The fourth-order valence-electron chi connectivity index (χ4n) is 2.63. The van der Waals surface area contributed by atoms with E-state index in [0.717, 1.165) is 31.3 Å². The molecule has 0 radical (unpaired) electrons. The third-order valence-corrected chi connectivity index (χ3v) is 3.45. The summed E-state index contributed by atoms with van der Waals surface area (Å²) in [6, 6.07) is 0.324. The Morgan fingerprint density at radius 2 is 1.79 bits per heavy atom. The number of aliphatic hydroxyl groups is 1. The molecule has 0 saturated carbocycles. The zero-order valence-corrected chi connectivity index (χ0v) is 10.0. The van der Waals surface area contributed by atoms with Crippen molar-refractivity contribution in [2.24, 2.45) is 11.8 Å². The lowest BCUT2D eigenvalue weighted by Gasteiger charge is -2.40. The van der Waals surface area contributed by atoms with Gasteiger partial charge in [0.05, 0.1) is 6.10 Å². The quantitative estimate of drug-likeness (QED) is 0.752. The van der Waals surface area contributed by atoms with Gasteiger partial charge < -0.3 is 5.11 Å².